The molecule has 20 heavy (non-hydrogen) atoms. The fraction of sp³-hybridized carbons (Fsp3) is 0.533. The van der Waals surface area contributed by atoms with Crippen molar-refractivity contribution in [2.24, 2.45) is 0 Å². The van der Waals surface area contributed by atoms with Crippen LogP contribution >= 0.6 is 0 Å². The lowest BCUT2D eigenvalue weighted by Crippen LogP contribution is -2.40. The third-order valence-corrected chi connectivity index (χ3v) is 4.44. The third-order valence-electron chi connectivity index (χ3n) is 4.44. The predicted octanol–water partition coefficient (Wildman–Crippen LogP) is 3.58. The van der Waals surface area contributed by atoms with E-state index < -0.39 is 18.0 Å². The number of nitrogens with zero attached hydrogens (tertiary/aromatic N) is 1. The normalized spacial score (nSPS) is 25.0. The molecule has 1 aromatic rings. The molecule has 0 saturated heterocycles. The summed E-state index contributed by atoms with van der Waals surface area (Å²) in [7, 11) is 0. The van der Waals surface area contributed by atoms with Crippen LogP contribution in [0.25, 0.3) is 0 Å². The summed E-state index contributed by atoms with van der Waals surface area (Å²) < 4.78 is 37.6. The number of carbonyl (C=O) groups is 1. The van der Waals surface area contributed by atoms with E-state index in [0.29, 0.717) is 6.54 Å². The van der Waals surface area contributed by atoms with Crippen molar-refractivity contribution < 1.29 is 18.0 Å². The minimum Gasteiger partial charge on any atom is -0.311 e. The number of rotatable bonds is 2. The zero-order chi connectivity index (χ0) is 14.5. The quantitative estimate of drug-likeness (QED) is 0.812. The Morgan fingerprint density at radius 3 is 2.80 bits per heavy atom. The molecule has 108 valence electrons. The lowest BCUT2D eigenvalue weighted by molar-refractivity contribution is -0.141. The molecule has 2 aliphatic heterocycles. The summed E-state index contributed by atoms with van der Waals surface area (Å²) in [6, 6.07) is 5.62. The van der Waals surface area contributed by atoms with Crippen molar-refractivity contribution in [1.82, 2.24) is 0 Å². The molecule has 1 unspecified atom stereocenters. The van der Waals surface area contributed by atoms with Gasteiger partial charge >= 0.3 is 6.18 Å². The molecule has 2 heterocycles. The molecule has 1 atom stereocenters. The van der Waals surface area contributed by atoms with Crippen molar-refractivity contribution in [3.8, 4) is 0 Å². The number of halogens is 3. The molecule has 5 heteroatoms. The number of anilines is 1. The fourth-order valence-electron chi connectivity index (χ4n) is 3.35. The summed E-state index contributed by atoms with van der Waals surface area (Å²) in [6.07, 6.45) is -3.57. The topological polar surface area (TPSA) is 20.3 Å². The number of alkyl halides is 3. The molecule has 0 N–H and O–H groups in total. The maximum absolute atomic E-state index is 12.6. The Bertz CT molecular complexity index is 567. The molecule has 0 aromatic heterocycles. The van der Waals surface area contributed by atoms with Gasteiger partial charge in [0.1, 0.15) is 0 Å². The lowest BCUT2D eigenvalue weighted by atomic mass is 9.79. The van der Waals surface area contributed by atoms with E-state index in [4.69, 9.17) is 0 Å². The maximum Gasteiger partial charge on any atom is 0.389 e. The first-order valence-electron chi connectivity index (χ1n) is 6.84. The van der Waals surface area contributed by atoms with Crippen LogP contribution in [0.5, 0.6) is 0 Å². The molecule has 2 nitrogen and oxygen atoms in total. The summed E-state index contributed by atoms with van der Waals surface area (Å²) in [5.74, 6) is -0.177. The molecule has 0 fully saturated rings. The molecule has 0 aliphatic carbocycles. The first-order valence-corrected chi connectivity index (χ1v) is 6.84. The highest BCUT2D eigenvalue weighted by Gasteiger charge is 2.50. The maximum atomic E-state index is 12.6. The Kier molecular flexibility index (Phi) is 2.85. The van der Waals surface area contributed by atoms with Gasteiger partial charge in [0.15, 0.2) is 0 Å². The van der Waals surface area contributed by atoms with Gasteiger partial charge in [0.2, 0.25) is 5.91 Å². The minimum atomic E-state index is -4.23. The van der Waals surface area contributed by atoms with Crippen LogP contribution in [0.4, 0.5) is 18.9 Å². The van der Waals surface area contributed by atoms with E-state index in [1.54, 1.807) is 17.9 Å². The molecule has 0 saturated carbocycles. The lowest BCUT2D eigenvalue weighted by Gasteiger charge is -2.26. The summed E-state index contributed by atoms with van der Waals surface area (Å²) in [4.78, 5) is 14.3. The molecule has 0 bridgehead atoms. The van der Waals surface area contributed by atoms with Crippen molar-refractivity contribution >= 4 is 11.6 Å². The number of hydrogen-bond donors (Lipinski definition) is 0. The first-order chi connectivity index (χ1) is 9.33. The van der Waals surface area contributed by atoms with E-state index >= 15 is 0 Å². The van der Waals surface area contributed by atoms with Crippen LogP contribution in [-0.2, 0) is 16.6 Å². The minimum absolute atomic E-state index is 0.177. The van der Waals surface area contributed by atoms with E-state index in [0.717, 1.165) is 29.7 Å². The Balaban J connectivity index is 2.02. The fourth-order valence-corrected chi connectivity index (χ4v) is 3.35. The van der Waals surface area contributed by atoms with Gasteiger partial charge in [-0.2, -0.15) is 13.2 Å². The second-order valence-electron chi connectivity index (χ2n) is 5.82. The summed E-state index contributed by atoms with van der Waals surface area (Å²) in [5.41, 5.74) is 1.68. The van der Waals surface area contributed by atoms with Crippen LogP contribution in [-0.4, -0.2) is 18.6 Å². The van der Waals surface area contributed by atoms with E-state index in [1.165, 1.54) is 0 Å². The van der Waals surface area contributed by atoms with Crippen molar-refractivity contribution in [3.63, 3.8) is 0 Å². The van der Waals surface area contributed by atoms with Gasteiger partial charge in [0, 0.05) is 13.0 Å². The SMILES string of the molecule is CC1(CCC(F)(F)F)C(=O)N2CCCc3cccc1c32. The zero-order valence-electron chi connectivity index (χ0n) is 11.3. The van der Waals surface area contributed by atoms with Gasteiger partial charge in [0.25, 0.3) is 0 Å². The summed E-state index contributed by atoms with van der Waals surface area (Å²) >= 11 is 0. The van der Waals surface area contributed by atoms with Crippen LogP contribution in [0, 0.1) is 0 Å². The van der Waals surface area contributed by atoms with Crippen LogP contribution in [0.3, 0.4) is 0 Å². The third kappa shape index (κ3) is 1.91. The van der Waals surface area contributed by atoms with Crippen LogP contribution in [0.2, 0.25) is 0 Å². The average molecular weight is 283 g/mol. The summed E-state index contributed by atoms with van der Waals surface area (Å²) in [5, 5.41) is 0. The van der Waals surface area contributed by atoms with Crippen molar-refractivity contribution in [1.29, 1.82) is 0 Å². The molecule has 0 radical (unpaired) electrons. The Hall–Kier alpha value is -1.52. The van der Waals surface area contributed by atoms with Crippen LogP contribution in [0.1, 0.15) is 37.3 Å². The average Bonchev–Trinajstić information content (AvgIpc) is 2.62. The second-order valence-corrected chi connectivity index (χ2v) is 5.82. The van der Waals surface area contributed by atoms with E-state index in [2.05, 4.69) is 0 Å². The van der Waals surface area contributed by atoms with Crippen LogP contribution < -0.4 is 4.90 Å². The number of hydrogen-bond acceptors (Lipinski definition) is 1. The number of carbonyl (C=O) groups excluding carboxylic acids is 1. The molecule has 1 amide bonds. The molecular formula is C15H16F3NO. The number of aryl methyl sites for hydroxylation is 1. The highest BCUT2D eigenvalue weighted by molar-refractivity contribution is 6.08. The number of amides is 1. The van der Waals surface area contributed by atoms with Crippen molar-refractivity contribution in [2.75, 3.05) is 11.4 Å². The van der Waals surface area contributed by atoms with Gasteiger partial charge in [-0.3, -0.25) is 4.79 Å². The smallest absolute Gasteiger partial charge is 0.311 e. The monoisotopic (exact) mass is 283 g/mol. The first kappa shape index (κ1) is 13.5. The van der Waals surface area contributed by atoms with Gasteiger partial charge in [-0.25, -0.2) is 0 Å². The molecule has 3 rings (SSSR count). The number of para-hydroxylation sites is 1. The van der Waals surface area contributed by atoms with Gasteiger partial charge in [-0.15, -0.1) is 0 Å². The van der Waals surface area contributed by atoms with Crippen LogP contribution in [0.15, 0.2) is 18.2 Å². The highest BCUT2D eigenvalue weighted by atomic mass is 19.4. The molecular weight excluding hydrogens is 267 g/mol. The number of benzene rings is 1. The largest absolute Gasteiger partial charge is 0.389 e. The second kappa shape index (κ2) is 4.24. The Morgan fingerprint density at radius 2 is 2.10 bits per heavy atom. The van der Waals surface area contributed by atoms with Crippen molar-refractivity contribution in [2.45, 2.75) is 44.2 Å². The Labute approximate surface area is 115 Å². The van der Waals surface area contributed by atoms with Gasteiger partial charge in [-0.05, 0) is 37.3 Å². The molecule has 2 aliphatic rings. The van der Waals surface area contributed by atoms with E-state index in [-0.39, 0.29) is 12.3 Å². The zero-order valence-corrected chi connectivity index (χ0v) is 11.3. The summed E-state index contributed by atoms with van der Waals surface area (Å²) in [6.45, 7) is 2.26. The van der Waals surface area contributed by atoms with Gasteiger partial charge in [0.05, 0.1) is 11.1 Å². The molecule has 0 spiro atoms. The standard InChI is InChI=1S/C15H16F3NO/c1-14(7-8-15(16,17)18)11-6-2-4-10-5-3-9-19(12(10)11)13(14)20/h2,4,6H,3,5,7-9H2,1H3. The van der Waals surface area contributed by atoms with Crippen molar-refractivity contribution in [3.05, 3.63) is 29.3 Å². The van der Waals surface area contributed by atoms with E-state index in [9.17, 15) is 18.0 Å². The Morgan fingerprint density at radius 1 is 1.35 bits per heavy atom. The van der Waals surface area contributed by atoms with Gasteiger partial charge in [-0.1, -0.05) is 18.2 Å². The molecule has 1 aromatic carbocycles. The van der Waals surface area contributed by atoms with E-state index in [1.807, 2.05) is 12.1 Å². The highest BCUT2D eigenvalue weighted by Crippen LogP contribution is 2.48. The van der Waals surface area contributed by atoms with Gasteiger partial charge < -0.3 is 4.90 Å². The predicted molar refractivity (Wildman–Crippen MR) is 69.8 cm³/mol.